The Labute approximate surface area is 210 Å². The Morgan fingerprint density at radius 2 is 1.61 bits per heavy atom. The minimum atomic E-state index is -0.865. The second-order valence-electron chi connectivity index (χ2n) is 7.73. The van der Waals surface area contributed by atoms with Crippen molar-refractivity contribution < 1.29 is 38.9 Å². The Hall–Kier alpha value is -3.86. The summed E-state index contributed by atoms with van der Waals surface area (Å²) in [5, 5.41) is 20.4. The maximum atomic E-state index is 12.8. The summed E-state index contributed by atoms with van der Waals surface area (Å²) < 4.78 is 22.1. The number of methoxy groups -OCH3 is 2. The van der Waals surface area contributed by atoms with Crippen LogP contribution in [0, 0.1) is 0 Å². The molecule has 194 valence electrons. The van der Waals surface area contributed by atoms with Crippen molar-refractivity contribution >= 4 is 17.7 Å². The van der Waals surface area contributed by atoms with Gasteiger partial charge in [0, 0.05) is 18.9 Å². The number of anilines is 1. The molecule has 2 aromatic carbocycles. The molecule has 2 aromatic rings. The van der Waals surface area contributed by atoms with E-state index in [2.05, 4.69) is 5.32 Å². The van der Waals surface area contributed by atoms with Gasteiger partial charge in [0.15, 0.2) is 6.10 Å². The predicted octanol–water partition coefficient (Wildman–Crippen LogP) is 3.77. The molecular weight excluding hydrogens is 468 g/mol. The number of allylic oxidation sites excluding steroid dienone is 2. The van der Waals surface area contributed by atoms with Gasteiger partial charge in [0.25, 0.3) is 5.91 Å². The standard InChI is InChI=1S/C26H32N2O8/c1-17(16-23(30)28-32)15-18(2)24(34-4)25(19-5-9-22(10-6-19)35-14-13-29)36-26(31)27-20-7-11-21(33-3)12-8-20/h5-12,15-16,24-25,29,32H,13-14H2,1-4H3,(H,27,31)(H,28,30)/b17-16+,18-15+/t24-,25-/m0/s1. The Balaban J connectivity index is 2.33. The number of hydrogen-bond acceptors (Lipinski definition) is 8. The zero-order valence-electron chi connectivity index (χ0n) is 20.7. The third-order valence-corrected chi connectivity index (χ3v) is 5.04. The molecule has 2 atom stereocenters. The second-order valence-corrected chi connectivity index (χ2v) is 7.73. The second kappa shape index (κ2) is 14.5. The van der Waals surface area contributed by atoms with Crippen LogP contribution in [0.15, 0.2) is 71.8 Å². The molecule has 0 fully saturated rings. The molecule has 0 bridgehead atoms. The van der Waals surface area contributed by atoms with Crippen LogP contribution in [0.2, 0.25) is 0 Å². The van der Waals surface area contributed by atoms with E-state index in [1.807, 2.05) is 0 Å². The highest BCUT2D eigenvalue weighted by molar-refractivity contribution is 5.87. The molecule has 0 aliphatic rings. The summed E-state index contributed by atoms with van der Waals surface area (Å²) >= 11 is 0. The van der Waals surface area contributed by atoms with E-state index in [1.165, 1.54) is 13.2 Å². The number of hydrogen-bond donors (Lipinski definition) is 4. The number of carbonyl (C=O) groups is 2. The van der Waals surface area contributed by atoms with E-state index >= 15 is 0 Å². The maximum absolute atomic E-state index is 12.8. The van der Waals surface area contributed by atoms with Crippen LogP contribution in [0.3, 0.4) is 0 Å². The van der Waals surface area contributed by atoms with Crippen molar-refractivity contribution in [3.63, 3.8) is 0 Å². The van der Waals surface area contributed by atoms with Crippen LogP contribution in [-0.2, 0) is 14.3 Å². The fourth-order valence-corrected chi connectivity index (χ4v) is 3.43. The van der Waals surface area contributed by atoms with Gasteiger partial charge in [-0.15, -0.1) is 0 Å². The first kappa shape index (κ1) is 28.4. The molecule has 36 heavy (non-hydrogen) atoms. The fraction of sp³-hybridized carbons (Fsp3) is 0.308. The van der Waals surface area contributed by atoms with E-state index in [-0.39, 0.29) is 13.2 Å². The quantitative estimate of drug-likeness (QED) is 0.150. The molecule has 0 unspecified atom stereocenters. The van der Waals surface area contributed by atoms with E-state index in [0.717, 1.165) is 0 Å². The van der Waals surface area contributed by atoms with Crippen LogP contribution in [0.5, 0.6) is 11.5 Å². The lowest BCUT2D eigenvalue weighted by Crippen LogP contribution is -2.29. The van der Waals surface area contributed by atoms with Gasteiger partial charge in [-0.1, -0.05) is 18.2 Å². The molecule has 2 amide bonds. The van der Waals surface area contributed by atoms with Crippen molar-refractivity contribution in [2.45, 2.75) is 26.1 Å². The zero-order valence-corrected chi connectivity index (χ0v) is 20.7. The molecule has 2 rings (SSSR count). The molecule has 0 aromatic heterocycles. The summed E-state index contributed by atoms with van der Waals surface area (Å²) in [6.45, 7) is 3.50. The van der Waals surface area contributed by atoms with E-state index in [4.69, 9.17) is 29.3 Å². The molecule has 0 saturated carbocycles. The fourth-order valence-electron chi connectivity index (χ4n) is 3.43. The molecule has 0 radical (unpaired) electrons. The molecule has 10 heteroatoms. The van der Waals surface area contributed by atoms with Crippen molar-refractivity contribution in [3.8, 4) is 11.5 Å². The number of ether oxygens (including phenoxy) is 4. The van der Waals surface area contributed by atoms with Gasteiger partial charge in [-0.25, -0.2) is 10.3 Å². The lowest BCUT2D eigenvalue weighted by molar-refractivity contribution is -0.124. The molecule has 0 saturated heterocycles. The van der Waals surface area contributed by atoms with Crippen LogP contribution in [0.25, 0.3) is 0 Å². The third-order valence-electron chi connectivity index (χ3n) is 5.04. The lowest BCUT2D eigenvalue weighted by Gasteiger charge is -2.27. The summed E-state index contributed by atoms with van der Waals surface area (Å²) in [6, 6.07) is 13.7. The number of aliphatic hydroxyl groups is 1. The van der Waals surface area contributed by atoms with Crippen molar-refractivity contribution in [2.24, 2.45) is 0 Å². The first-order valence-electron chi connectivity index (χ1n) is 11.1. The molecule has 10 nitrogen and oxygen atoms in total. The number of rotatable bonds is 12. The van der Waals surface area contributed by atoms with Gasteiger partial charge < -0.3 is 24.1 Å². The Bertz CT molecular complexity index is 1050. The average molecular weight is 501 g/mol. The molecule has 0 heterocycles. The first-order valence-corrected chi connectivity index (χ1v) is 11.1. The van der Waals surface area contributed by atoms with E-state index in [0.29, 0.717) is 33.9 Å². The van der Waals surface area contributed by atoms with Crippen LogP contribution in [-0.4, -0.2) is 55.9 Å². The highest BCUT2D eigenvalue weighted by Crippen LogP contribution is 2.30. The lowest BCUT2D eigenvalue weighted by atomic mass is 9.97. The normalized spacial score (nSPS) is 13.4. The third kappa shape index (κ3) is 8.73. The van der Waals surface area contributed by atoms with Crippen LogP contribution < -0.4 is 20.3 Å². The van der Waals surface area contributed by atoms with Crippen molar-refractivity contribution in [1.82, 2.24) is 5.48 Å². The summed E-state index contributed by atoms with van der Waals surface area (Å²) in [4.78, 5) is 24.3. The smallest absolute Gasteiger partial charge is 0.412 e. The highest BCUT2D eigenvalue weighted by Gasteiger charge is 2.29. The maximum Gasteiger partial charge on any atom is 0.412 e. The largest absolute Gasteiger partial charge is 0.497 e. The van der Waals surface area contributed by atoms with E-state index in [1.54, 1.807) is 81.0 Å². The molecule has 0 spiro atoms. The minimum Gasteiger partial charge on any atom is -0.497 e. The van der Waals surface area contributed by atoms with Gasteiger partial charge in [-0.05, 0) is 67.0 Å². The zero-order chi connectivity index (χ0) is 26.5. The molecular formula is C26H32N2O8. The van der Waals surface area contributed by atoms with Crippen molar-refractivity contribution in [2.75, 3.05) is 32.8 Å². The number of hydroxylamine groups is 1. The van der Waals surface area contributed by atoms with Gasteiger partial charge >= 0.3 is 6.09 Å². The van der Waals surface area contributed by atoms with Crippen molar-refractivity contribution in [1.29, 1.82) is 0 Å². The van der Waals surface area contributed by atoms with Gasteiger partial charge in [0.05, 0.1) is 13.7 Å². The molecule has 0 aliphatic carbocycles. The SMILES string of the molecule is COc1ccc(NC(=O)O[C@@H](c2ccc(OCCO)cc2)[C@@H](OC)/C(C)=C/C(C)=C/C(=O)NO)cc1. The van der Waals surface area contributed by atoms with E-state index in [9.17, 15) is 9.59 Å². The Morgan fingerprint density at radius 3 is 2.17 bits per heavy atom. The van der Waals surface area contributed by atoms with Gasteiger partial charge in [0.2, 0.25) is 0 Å². The summed E-state index contributed by atoms with van der Waals surface area (Å²) in [6.07, 6.45) is 0.634. The minimum absolute atomic E-state index is 0.115. The molecule has 0 aliphatic heterocycles. The van der Waals surface area contributed by atoms with E-state index < -0.39 is 24.2 Å². The number of benzene rings is 2. The predicted molar refractivity (Wildman–Crippen MR) is 133 cm³/mol. The monoisotopic (exact) mass is 500 g/mol. The average Bonchev–Trinajstić information content (AvgIpc) is 2.87. The van der Waals surface area contributed by atoms with Gasteiger partial charge in [-0.2, -0.15) is 0 Å². The highest BCUT2D eigenvalue weighted by atomic mass is 16.6. The van der Waals surface area contributed by atoms with Gasteiger partial charge in [0.1, 0.15) is 24.2 Å². The number of carbonyl (C=O) groups excluding carboxylic acids is 2. The molecule has 4 N–H and O–H groups in total. The first-order chi connectivity index (χ1) is 17.3. The van der Waals surface area contributed by atoms with Crippen LogP contribution in [0.4, 0.5) is 10.5 Å². The summed E-state index contributed by atoms with van der Waals surface area (Å²) in [7, 11) is 3.03. The number of aliphatic hydroxyl groups excluding tert-OH is 1. The van der Waals surface area contributed by atoms with Crippen LogP contribution in [0.1, 0.15) is 25.5 Å². The van der Waals surface area contributed by atoms with Crippen LogP contribution >= 0.6 is 0 Å². The van der Waals surface area contributed by atoms with Gasteiger partial charge in [-0.3, -0.25) is 15.3 Å². The summed E-state index contributed by atoms with van der Waals surface area (Å²) in [5.74, 6) is 0.522. The number of nitrogens with one attached hydrogen (secondary N) is 2. The number of amides is 2. The summed E-state index contributed by atoms with van der Waals surface area (Å²) in [5.41, 5.74) is 3.91. The Kier molecular flexibility index (Phi) is 11.4. The Morgan fingerprint density at radius 1 is 0.972 bits per heavy atom. The topological polar surface area (TPSA) is 136 Å². The van der Waals surface area contributed by atoms with Crippen molar-refractivity contribution in [3.05, 3.63) is 77.4 Å².